The number of aromatic nitrogens is 4. The molecule has 3 heterocycles. The number of nitrogens with zero attached hydrogens (tertiary/aromatic N) is 5. The topological polar surface area (TPSA) is 115 Å². The van der Waals surface area contributed by atoms with E-state index in [1.807, 2.05) is 6.92 Å². The number of nitriles is 1. The van der Waals surface area contributed by atoms with Gasteiger partial charge in [-0.3, -0.25) is 4.98 Å². The Bertz CT molecular complexity index is 832. The Labute approximate surface area is 114 Å². The average Bonchev–Trinajstić information content (AvgIpc) is 2.92. The Morgan fingerprint density at radius 2 is 2.25 bits per heavy atom. The van der Waals surface area contributed by atoms with Crippen LogP contribution in [-0.2, 0) is 6.42 Å². The van der Waals surface area contributed by atoms with Gasteiger partial charge in [0.05, 0.1) is 11.3 Å². The first kappa shape index (κ1) is 12.0. The van der Waals surface area contributed by atoms with Crippen molar-refractivity contribution in [2.45, 2.75) is 13.3 Å². The highest BCUT2D eigenvalue weighted by molar-refractivity contribution is 5.85. The van der Waals surface area contributed by atoms with Crippen molar-refractivity contribution in [2.75, 3.05) is 5.73 Å². The Morgan fingerprint density at radius 1 is 1.40 bits per heavy atom. The van der Waals surface area contributed by atoms with Gasteiger partial charge in [-0.25, -0.2) is 9.61 Å². The fourth-order valence-corrected chi connectivity index (χ4v) is 2.08. The van der Waals surface area contributed by atoms with E-state index in [9.17, 15) is 0 Å². The van der Waals surface area contributed by atoms with Crippen LogP contribution >= 0.6 is 0 Å². The molecule has 0 aliphatic carbocycles. The minimum Gasteiger partial charge on any atom is -0.396 e. The summed E-state index contributed by atoms with van der Waals surface area (Å²) in [6.07, 6.45) is 3.66. The van der Waals surface area contributed by atoms with E-state index in [2.05, 4.69) is 31.0 Å². The number of anilines is 1. The third-order valence-corrected chi connectivity index (χ3v) is 3.16. The largest absolute Gasteiger partial charge is 0.396 e. The van der Waals surface area contributed by atoms with E-state index in [0.717, 1.165) is 16.8 Å². The predicted octanol–water partition coefficient (Wildman–Crippen LogP) is 1.37. The van der Waals surface area contributed by atoms with Crippen molar-refractivity contribution in [1.29, 1.82) is 5.26 Å². The Hall–Kier alpha value is -3.01. The first-order valence-corrected chi connectivity index (χ1v) is 5.91. The summed E-state index contributed by atoms with van der Waals surface area (Å²) in [5.74, 6) is 0. The van der Waals surface area contributed by atoms with Gasteiger partial charge in [0, 0.05) is 30.1 Å². The van der Waals surface area contributed by atoms with E-state index in [4.69, 9.17) is 11.0 Å². The fraction of sp³-hybridized carbons (Fsp3) is 0.154. The first-order chi connectivity index (χ1) is 9.70. The Kier molecular flexibility index (Phi) is 2.76. The third-order valence-electron chi connectivity index (χ3n) is 3.16. The molecule has 0 atom stereocenters. The number of pyridine rings is 2. The second-order valence-corrected chi connectivity index (χ2v) is 4.35. The zero-order valence-corrected chi connectivity index (χ0v) is 10.7. The van der Waals surface area contributed by atoms with E-state index in [1.165, 1.54) is 6.20 Å². The highest BCUT2D eigenvalue weighted by Crippen LogP contribution is 2.26. The van der Waals surface area contributed by atoms with Gasteiger partial charge in [0.1, 0.15) is 6.07 Å². The van der Waals surface area contributed by atoms with Crippen LogP contribution in [0.2, 0.25) is 0 Å². The number of nitrogen functional groups attached to an aromatic ring is 1. The van der Waals surface area contributed by atoms with Crippen LogP contribution in [0.4, 0.5) is 5.69 Å². The molecular weight excluding hydrogens is 256 g/mol. The number of hydrogen-bond donors (Lipinski definition) is 1. The van der Waals surface area contributed by atoms with Gasteiger partial charge in [-0.1, -0.05) is 0 Å². The van der Waals surface area contributed by atoms with Crippen LogP contribution in [0.3, 0.4) is 0 Å². The predicted molar refractivity (Wildman–Crippen MR) is 70.5 cm³/mol. The maximum Gasteiger partial charge on any atom is 0.226 e. The molecule has 0 radical (unpaired) electrons. The van der Waals surface area contributed by atoms with Gasteiger partial charge in [0.2, 0.25) is 5.65 Å². The van der Waals surface area contributed by atoms with E-state index >= 15 is 0 Å². The molecule has 0 fully saturated rings. The molecule has 7 nitrogen and oxygen atoms in total. The van der Waals surface area contributed by atoms with Gasteiger partial charge in [-0.2, -0.15) is 5.26 Å². The molecule has 0 bridgehead atoms. The van der Waals surface area contributed by atoms with E-state index in [1.54, 1.807) is 12.3 Å². The molecule has 0 aliphatic heterocycles. The molecule has 0 aromatic carbocycles. The van der Waals surface area contributed by atoms with E-state index in [-0.39, 0.29) is 0 Å². The second-order valence-electron chi connectivity index (χ2n) is 4.35. The van der Waals surface area contributed by atoms with Gasteiger partial charge in [0.15, 0.2) is 5.52 Å². The minimum absolute atomic E-state index is 0.388. The van der Waals surface area contributed by atoms with Crippen LogP contribution in [0.15, 0.2) is 23.1 Å². The van der Waals surface area contributed by atoms with Crippen LogP contribution in [0.5, 0.6) is 0 Å². The molecule has 0 aliphatic rings. The Balaban J connectivity index is 2.13. The molecule has 2 N–H and O–H groups in total. The highest BCUT2D eigenvalue weighted by atomic mass is 16.6. The molecule has 98 valence electrons. The lowest BCUT2D eigenvalue weighted by molar-refractivity contribution is 0.315. The second kappa shape index (κ2) is 4.59. The summed E-state index contributed by atoms with van der Waals surface area (Å²) >= 11 is 0. The van der Waals surface area contributed by atoms with Crippen LogP contribution < -0.4 is 5.73 Å². The average molecular weight is 266 g/mol. The maximum atomic E-state index is 9.10. The maximum absolute atomic E-state index is 9.10. The van der Waals surface area contributed by atoms with Gasteiger partial charge in [0.25, 0.3) is 0 Å². The molecule has 0 saturated heterocycles. The molecule has 3 rings (SSSR count). The molecule has 0 saturated carbocycles. The first-order valence-electron chi connectivity index (χ1n) is 5.91. The summed E-state index contributed by atoms with van der Waals surface area (Å²) in [4.78, 5) is 8.24. The SMILES string of the molecule is Cc1nc2nonc2c(N)c1Cc1ccncc1C#N. The monoisotopic (exact) mass is 266 g/mol. The van der Waals surface area contributed by atoms with Crippen LogP contribution in [0.25, 0.3) is 11.2 Å². The lowest BCUT2D eigenvalue weighted by atomic mass is 9.99. The van der Waals surface area contributed by atoms with Crippen molar-refractivity contribution in [1.82, 2.24) is 20.3 Å². The van der Waals surface area contributed by atoms with Gasteiger partial charge in [-0.05, 0) is 28.9 Å². The van der Waals surface area contributed by atoms with Crippen LogP contribution in [0, 0.1) is 18.3 Å². The standard InChI is InChI=1S/C13H10N6O/c1-7-10(4-8-2-3-16-6-9(8)5-14)11(15)12-13(17-7)19-20-18-12/h2-3,6H,4,15H2,1H3. The van der Waals surface area contributed by atoms with E-state index in [0.29, 0.717) is 28.8 Å². The molecular formula is C13H10N6O. The summed E-state index contributed by atoms with van der Waals surface area (Å²) < 4.78 is 4.65. The van der Waals surface area contributed by atoms with Crippen LogP contribution in [0.1, 0.15) is 22.4 Å². The van der Waals surface area contributed by atoms with Crippen LogP contribution in [-0.4, -0.2) is 20.3 Å². The lowest BCUT2D eigenvalue weighted by Gasteiger charge is -2.09. The highest BCUT2D eigenvalue weighted by Gasteiger charge is 2.15. The number of nitrogens with two attached hydrogens (primary N) is 1. The molecule has 3 aromatic rings. The molecule has 0 amide bonds. The molecule has 3 aromatic heterocycles. The van der Waals surface area contributed by atoms with Crippen molar-refractivity contribution in [3.63, 3.8) is 0 Å². The quantitative estimate of drug-likeness (QED) is 0.744. The molecule has 0 spiro atoms. The summed E-state index contributed by atoms with van der Waals surface area (Å²) in [7, 11) is 0. The third kappa shape index (κ3) is 1.83. The van der Waals surface area contributed by atoms with Crippen molar-refractivity contribution in [2.24, 2.45) is 0 Å². The zero-order chi connectivity index (χ0) is 14.1. The normalized spacial score (nSPS) is 10.6. The van der Waals surface area contributed by atoms with Gasteiger partial charge in [-0.15, -0.1) is 0 Å². The summed E-state index contributed by atoms with van der Waals surface area (Å²) in [5.41, 5.74) is 10.3. The van der Waals surface area contributed by atoms with Crippen molar-refractivity contribution < 1.29 is 4.63 Å². The Morgan fingerprint density at radius 3 is 3.05 bits per heavy atom. The number of fused-ring (bicyclic) bond motifs is 1. The summed E-state index contributed by atoms with van der Waals surface area (Å²) in [5, 5.41) is 16.5. The van der Waals surface area contributed by atoms with Crippen molar-refractivity contribution in [3.05, 3.63) is 40.8 Å². The summed E-state index contributed by atoms with van der Waals surface area (Å²) in [6.45, 7) is 1.84. The van der Waals surface area contributed by atoms with Gasteiger partial charge < -0.3 is 5.73 Å². The molecule has 0 unspecified atom stereocenters. The van der Waals surface area contributed by atoms with Gasteiger partial charge >= 0.3 is 0 Å². The zero-order valence-electron chi connectivity index (χ0n) is 10.7. The number of rotatable bonds is 2. The minimum atomic E-state index is 0.388. The molecule has 20 heavy (non-hydrogen) atoms. The van der Waals surface area contributed by atoms with Crippen molar-refractivity contribution >= 4 is 16.9 Å². The number of aryl methyl sites for hydroxylation is 1. The fourth-order valence-electron chi connectivity index (χ4n) is 2.08. The lowest BCUT2D eigenvalue weighted by Crippen LogP contribution is -2.04. The summed E-state index contributed by atoms with van der Waals surface area (Å²) in [6, 6.07) is 3.91. The van der Waals surface area contributed by atoms with E-state index < -0.39 is 0 Å². The molecule has 7 heteroatoms. The smallest absolute Gasteiger partial charge is 0.226 e. The van der Waals surface area contributed by atoms with Crippen molar-refractivity contribution in [3.8, 4) is 6.07 Å². The number of hydrogen-bond acceptors (Lipinski definition) is 7.